The van der Waals surface area contributed by atoms with Crippen LogP contribution in [0.1, 0.15) is 32.6 Å². The molecule has 1 aliphatic rings. The van der Waals surface area contributed by atoms with Crippen LogP contribution >= 0.6 is 0 Å². The molecule has 1 saturated carbocycles. The lowest BCUT2D eigenvalue weighted by Crippen LogP contribution is -2.36. The Morgan fingerprint density at radius 2 is 2.05 bits per heavy atom. The molecular formula is C18H24N2O. The molecule has 0 amide bonds. The molecule has 1 fully saturated rings. The molecule has 1 heterocycles. The second-order valence-electron chi connectivity index (χ2n) is 6.30. The van der Waals surface area contributed by atoms with Crippen molar-refractivity contribution in [2.75, 3.05) is 6.54 Å². The van der Waals surface area contributed by atoms with Crippen LogP contribution in [0.2, 0.25) is 0 Å². The number of aromatic nitrogens is 1. The number of rotatable bonds is 4. The Morgan fingerprint density at radius 3 is 2.90 bits per heavy atom. The van der Waals surface area contributed by atoms with Gasteiger partial charge in [-0.3, -0.25) is 4.79 Å². The quantitative estimate of drug-likeness (QED) is 0.935. The summed E-state index contributed by atoms with van der Waals surface area (Å²) in [4.78, 5) is 12.1. The molecule has 0 radical (unpaired) electrons. The molecule has 1 aliphatic carbocycles. The van der Waals surface area contributed by atoms with Crippen molar-refractivity contribution in [2.45, 2.75) is 45.2 Å². The van der Waals surface area contributed by atoms with Gasteiger partial charge in [-0.15, -0.1) is 0 Å². The molecule has 112 valence electrons. The molecule has 21 heavy (non-hydrogen) atoms. The van der Waals surface area contributed by atoms with E-state index in [-0.39, 0.29) is 5.56 Å². The molecule has 0 spiro atoms. The average Bonchev–Trinajstić information content (AvgIpc) is 2.50. The zero-order chi connectivity index (χ0) is 14.7. The van der Waals surface area contributed by atoms with Gasteiger partial charge in [0, 0.05) is 25.2 Å². The van der Waals surface area contributed by atoms with E-state index in [4.69, 9.17) is 0 Å². The summed E-state index contributed by atoms with van der Waals surface area (Å²) >= 11 is 0. The van der Waals surface area contributed by atoms with E-state index in [0.29, 0.717) is 6.04 Å². The Balaban J connectivity index is 1.68. The van der Waals surface area contributed by atoms with Crippen molar-refractivity contribution in [3.05, 3.63) is 46.8 Å². The lowest BCUT2D eigenvalue weighted by Gasteiger charge is -2.27. The van der Waals surface area contributed by atoms with Crippen LogP contribution in [0.3, 0.4) is 0 Å². The van der Waals surface area contributed by atoms with Gasteiger partial charge in [-0.25, -0.2) is 0 Å². The molecule has 1 aromatic heterocycles. The molecule has 0 aliphatic heterocycles. The monoisotopic (exact) mass is 284 g/mol. The average molecular weight is 284 g/mol. The minimum atomic E-state index is 0.0903. The highest BCUT2D eigenvalue weighted by atomic mass is 16.1. The first kappa shape index (κ1) is 14.3. The van der Waals surface area contributed by atoms with Gasteiger partial charge in [0.1, 0.15) is 0 Å². The van der Waals surface area contributed by atoms with Crippen molar-refractivity contribution in [2.24, 2.45) is 5.92 Å². The summed E-state index contributed by atoms with van der Waals surface area (Å²) in [6.45, 7) is 3.94. The number of pyridine rings is 1. The lowest BCUT2D eigenvalue weighted by atomic mass is 9.87. The maximum Gasteiger partial charge on any atom is 0.251 e. The number of nitrogens with one attached hydrogen (secondary N) is 1. The van der Waals surface area contributed by atoms with Crippen LogP contribution in [-0.2, 0) is 6.54 Å². The highest BCUT2D eigenvalue weighted by Gasteiger charge is 2.17. The number of hydrogen-bond acceptors (Lipinski definition) is 2. The maximum absolute atomic E-state index is 12.1. The highest BCUT2D eigenvalue weighted by molar-refractivity contribution is 5.78. The largest absolute Gasteiger partial charge is 0.312 e. The van der Waals surface area contributed by atoms with Gasteiger partial charge in [0.2, 0.25) is 0 Å². The minimum absolute atomic E-state index is 0.0903. The van der Waals surface area contributed by atoms with Crippen LogP contribution in [0.15, 0.2) is 41.2 Å². The molecule has 1 aromatic carbocycles. The van der Waals surface area contributed by atoms with E-state index in [1.54, 1.807) is 6.07 Å². The standard InChI is InChI=1S/C18H24N2O/c1-14-5-4-7-16(13-14)19-11-12-20-17-8-3-2-6-15(17)9-10-18(20)21/h2-3,6,8-10,14,16,19H,4-5,7,11-13H2,1H3. The highest BCUT2D eigenvalue weighted by Crippen LogP contribution is 2.23. The van der Waals surface area contributed by atoms with Crippen LogP contribution < -0.4 is 10.9 Å². The number of fused-ring (bicyclic) bond motifs is 1. The summed E-state index contributed by atoms with van der Waals surface area (Å²) < 4.78 is 1.88. The van der Waals surface area contributed by atoms with Crippen molar-refractivity contribution in [1.29, 1.82) is 0 Å². The Hall–Kier alpha value is -1.61. The summed E-state index contributed by atoms with van der Waals surface area (Å²) in [7, 11) is 0. The molecular weight excluding hydrogens is 260 g/mol. The molecule has 3 nitrogen and oxygen atoms in total. The van der Waals surface area contributed by atoms with Gasteiger partial charge in [0.15, 0.2) is 0 Å². The third-order valence-electron chi connectivity index (χ3n) is 4.60. The summed E-state index contributed by atoms with van der Waals surface area (Å²) in [6, 6.07) is 12.3. The predicted molar refractivity (Wildman–Crippen MR) is 87.6 cm³/mol. The Labute approximate surface area is 126 Å². The minimum Gasteiger partial charge on any atom is -0.312 e. The zero-order valence-corrected chi connectivity index (χ0v) is 12.7. The number of para-hydroxylation sites is 1. The Morgan fingerprint density at radius 1 is 1.19 bits per heavy atom. The van der Waals surface area contributed by atoms with Crippen molar-refractivity contribution in [1.82, 2.24) is 9.88 Å². The van der Waals surface area contributed by atoms with E-state index < -0.39 is 0 Å². The van der Waals surface area contributed by atoms with Crippen LogP contribution in [0.5, 0.6) is 0 Å². The Kier molecular flexibility index (Phi) is 4.39. The number of benzene rings is 1. The molecule has 2 unspecified atom stereocenters. The van der Waals surface area contributed by atoms with Gasteiger partial charge < -0.3 is 9.88 Å². The van der Waals surface area contributed by atoms with E-state index in [1.165, 1.54) is 25.7 Å². The van der Waals surface area contributed by atoms with Crippen LogP contribution in [0.4, 0.5) is 0 Å². The molecule has 0 saturated heterocycles. The first-order valence-corrected chi connectivity index (χ1v) is 8.06. The van der Waals surface area contributed by atoms with Crippen LogP contribution in [0.25, 0.3) is 10.9 Å². The van der Waals surface area contributed by atoms with Crippen molar-refractivity contribution >= 4 is 10.9 Å². The Bertz CT molecular complexity index is 662. The predicted octanol–water partition coefficient (Wildman–Crippen LogP) is 3.17. The van der Waals surface area contributed by atoms with Gasteiger partial charge in [-0.1, -0.05) is 38.0 Å². The lowest BCUT2D eigenvalue weighted by molar-refractivity contribution is 0.299. The summed E-state index contributed by atoms with van der Waals surface area (Å²) in [5, 5.41) is 4.76. The van der Waals surface area contributed by atoms with E-state index in [1.807, 2.05) is 28.8 Å². The first-order chi connectivity index (χ1) is 10.2. The van der Waals surface area contributed by atoms with Gasteiger partial charge >= 0.3 is 0 Å². The fourth-order valence-electron chi connectivity index (χ4n) is 3.47. The molecule has 3 heteroatoms. The fourth-order valence-corrected chi connectivity index (χ4v) is 3.47. The van der Waals surface area contributed by atoms with Crippen LogP contribution in [0, 0.1) is 5.92 Å². The summed E-state index contributed by atoms with van der Waals surface area (Å²) in [6.07, 6.45) is 5.23. The van der Waals surface area contributed by atoms with Crippen molar-refractivity contribution in [3.63, 3.8) is 0 Å². The van der Waals surface area contributed by atoms with Gasteiger partial charge in [-0.05, 0) is 36.3 Å². The molecule has 2 aromatic rings. The summed E-state index contributed by atoms with van der Waals surface area (Å²) in [5.41, 5.74) is 1.12. The first-order valence-electron chi connectivity index (χ1n) is 8.06. The third-order valence-corrected chi connectivity index (χ3v) is 4.60. The van der Waals surface area contributed by atoms with E-state index in [9.17, 15) is 4.79 Å². The topological polar surface area (TPSA) is 34.0 Å². The third kappa shape index (κ3) is 3.35. The number of hydrogen-bond donors (Lipinski definition) is 1. The summed E-state index contributed by atoms with van der Waals surface area (Å²) in [5.74, 6) is 0.830. The normalized spacial score (nSPS) is 22.5. The SMILES string of the molecule is CC1CCCC(NCCn2c(=O)ccc3ccccc32)C1. The smallest absolute Gasteiger partial charge is 0.251 e. The van der Waals surface area contributed by atoms with Crippen LogP contribution in [-0.4, -0.2) is 17.2 Å². The van der Waals surface area contributed by atoms with Crippen molar-refractivity contribution < 1.29 is 0 Å². The van der Waals surface area contributed by atoms with Gasteiger partial charge in [0.05, 0.1) is 5.52 Å². The van der Waals surface area contributed by atoms with Gasteiger partial charge in [0.25, 0.3) is 5.56 Å². The second-order valence-corrected chi connectivity index (χ2v) is 6.30. The molecule has 3 rings (SSSR count). The van der Waals surface area contributed by atoms with Gasteiger partial charge in [-0.2, -0.15) is 0 Å². The number of nitrogens with zero attached hydrogens (tertiary/aromatic N) is 1. The molecule has 0 bridgehead atoms. The zero-order valence-electron chi connectivity index (χ0n) is 12.7. The fraction of sp³-hybridized carbons (Fsp3) is 0.500. The molecule has 2 atom stereocenters. The van der Waals surface area contributed by atoms with E-state index in [0.717, 1.165) is 29.9 Å². The second kappa shape index (κ2) is 6.44. The van der Waals surface area contributed by atoms with E-state index in [2.05, 4.69) is 18.3 Å². The van der Waals surface area contributed by atoms with Crippen molar-refractivity contribution in [3.8, 4) is 0 Å². The van der Waals surface area contributed by atoms with E-state index >= 15 is 0 Å². The molecule has 1 N–H and O–H groups in total. The maximum atomic E-state index is 12.1.